The molecule has 1 unspecified atom stereocenters. The minimum Gasteiger partial charge on any atom is -0.408 e. The lowest BCUT2D eigenvalue weighted by Gasteiger charge is -2.06. The van der Waals surface area contributed by atoms with Crippen molar-refractivity contribution in [3.8, 4) is 0 Å². The van der Waals surface area contributed by atoms with Crippen LogP contribution in [0.15, 0.2) is 43.3 Å². The van der Waals surface area contributed by atoms with Crippen molar-refractivity contribution in [1.29, 1.82) is 0 Å². The van der Waals surface area contributed by atoms with Crippen LogP contribution in [0.1, 0.15) is 15.8 Å². The topological polar surface area (TPSA) is 46.0 Å². The standard InChI is InChI=1S/C12H7BrClNO2S/c13-10-4-3-9(18-10)11(14)6-1-2-7-8(5-6)17-12(16)15-7/h1-5,11H,(H,15,16). The maximum absolute atomic E-state index is 11.1. The highest BCUT2D eigenvalue weighted by Gasteiger charge is 2.14. The first-order chi connectivity index (χ1) is 8.63. The maximum atomic E-state index is 11.1. The van der Waals surface area contributed by atoms with E-state index in [1.54, 1.807) is 23.5 Å². The zero-order chi connectivity index (χ0) is 12.7. The van der Waals surface area contributed by atoms with Gasteiger partial charge in [0.25, 0.3) is 0 Å². The summed E-state index contributed by atoms with van der Waals surface area (Å²) < 4.78 is 6.06. The summed E-state index contributed by atoms with van der Waals surface area (Å²) in [5.74, 6) is -0.452. The van der Waals surface area contributed by atoms with Crippen LogP contribution in [0.2, 0.25) is 0 Å². The number of rotatable bonds is 2. The summed E-state index contributed by atoms with van der Waals surface area (Å²) in [6, 6.07) is 9.42. The monoisotopic (exact) mass is 343 g/mol. The molecule has 0 aliphatic rings. The number of hydrogen-bond donors (Lipinski definition) is 1. The Balaban J connectivity index is 2.05. The van der Waals surface area contributed by atoms with Crippen LogP contribution in [0.3, 0.4) is 0 Å². The highest BCUT2D eigenvalue weighted by molar-refractivity contribution is 9.11. The van der Waals surface area contributed by atoms with Gasteiger partial charge >= 0.3 is 5.76 Å². The van der Waals surface area contributed by atoms with Crippen molar-refractivity contribution in [1.82, 2.24) is 4.98 Å². The van der Waals surface area contributed by atoms with Gasteiger partial charge < -0.3 is 4.42 Å². The summed E-state index contributed by atoms with van der Waals surface area (Å²) in [4.78, 5) is 14.7. The van der Waals surface area contributed by atoms with E-state index in [9.17, 15) is 4.79 Å². The Morgan fingerprint density at radius 1 is 1.33 bits per heavy atom. The second-order valence-electron chi connectivity index (χ2n) is 3.77. The number of benzene rings is 1. The highest BCUT2D eigenvalue weighted by Crippen LogP contribution is 2.36. The predicted molar refractivity (Wildman–Crippen MR) is 76.5 cm³/mol. The summed E-state index contributed by atoms with van der Waals surface area (Å²) in [6.07, 6.45) is 0. The molecular formula is C12H7BrClNO2S. The fraction of sp³-hybridized carbons (Fsp3) is 0.0833. The zero-order valence-corrected chi connectivity index (χ0v) is 12.1. The van der Waals surface area contributed by atoms with Crippen molar-refractivity contribution in [3.05, 3.63) is 55.1 Å². The number of halogens is 2. The van der Waals surface area contributed by atoms with E-state index < -0.39 is 5.76 Å². The molecule has 3 nitrogen and oxygen atoms in total. The third kappa shape index (κ3) is 2.13. The Bertz CT molecular complexity index is 761. The number of aromatic amines is 1. The number of thiophene rings is 1. The van der Waals surface area contributed by atoms with Crippen molar-refractivity contribution in [3.63, 3.8) is 0 Å². The molecule has 92 valence electrons. The number of hydrogen-bond acceptors (Lipinski definition) is 3. The Hall–Kier alpha value is -1.04. The van der Waals surface area contributed by atoms with E-state index in [0.29, 0.717) is 11.1 Å². The fourth-order valence-electron chi connectivity index (χ4n) is 1.75. The average molecular weight is 345 g/mol. The Labute approximate surface area is 120 Å². The van der Waals surface area contributed by atoms with E-state index in [2.05, 4.69) is 20.9 Å². The summed E-state index contributed by atoms with van der Waals surface area (Å²) in [5.41, 5.74) is 2.11. The van der Waals surface area contributed by atoms with Gasteiger partial charge in [0.2, 0.25) is 0 Å². The van der Waals surface area contributed by atoms with Crippen molar-refractivity contribution in [2.24, 2.45) is 0 Å². The molecule has 2 aromatic heterocycles. The van der Waals surface area contributed by atoms with Crippen LogP contribution >= 0.6 is 38.9 Å². The van der Waals surface area contributed by atoms with Gasteiger partial charge in [-0.05, 0) is 45.8 Å². The lowest BCUT2D eigenvalue weighted by Crippen LogP contribution is -1.92. The molecule has 0 saturated heterocycles. The molecule has 1 atom stereocenters. The van der Waals surface area contributed by atoms with Crippen LogP contribution in [0.5, 0.6) is 0 Å². The Morgan fingerprint density at radius 2 is 2.17 bits per heavy atom. The molecule has 0 aliphatic carbocycles. The first kappa shape index (κ1) is 12.0. The molecule has 3 aromatic rings. The normalized spacial score (nSPS) is 13.0. The summed E-state index contributed by atoms with van der Waals surface area (Å²) in [6.45, 7) is 0. The van der Waals surface area contributed by atoms with Crippen molar-refractivity contribution in [2.75, 3.05) is 0 Å². The molecule has 0 bridgehead atoms. The third-order valence-corrected chi connectivity index (χ3v) is 4.89. The van der Waals surface area contributed by atoms with Gasteiger partial charge in [0, 0.05) is 4.88 Å². The zero-order valence-electron chi connectivity index (χ0n) is 8.94. The van der Waals surface area contributed by atoms with Gasteiger partial charge in [-0.15, -0.1) is 22.9 Å². The summed E-state index contributed by atoms with van der Waals surface area (Å²) in [7, 11) is 0. The van der Waals surface area contributed by atoms with E-state index in [1.807, 2.05) is 18.2 Å². The number of oxazole rings is 1. The van der Waals surface area contributed by atoms with Gasteiger partial charge in [0.15, 0.2) is 5.58 Å². The van der Waals surface area contributed by atoms with E-state index in [4.69, 9.17) is 16.0 Å². The van der Waals surface area contributed by atoms with E-state index >= 15 is 0 Å². The van der Waals surface area contributed by atoms with Crippen molar-refractivity contribution in [2.45, 2.75) is 5.38 Å². The molecule has 1 aromatic carbocycles. The fourth-order valence-corrected chi connectivity index (χ4v) is 3.52. The quantitative estimate of drug-likeness (QED) is 0.706. The molecule has 3 rings (SSSR count). The molecule has 0 amide bonds. The van der Waals surface area contributed by atoms with Crippen LogP contribution < -0.4 is 5.76 Å². The molecule has 6 heteroatoms. The third-order valence-electron chi connectivity index (χ3n) is 2.58. The molecule has 18 heavy (non-hydrogen) atoms. The second kappa shape index (κ2) is 4.57. The van der Waals surface area contributed by atoms with Gasteiger partial charge in [-0.2, -0.15) is 0 Å². The SMILES string of the molecule is O=c1[nH]c2ccc(C(Cl)c3ccc(Br)s3)cc2o1. The van der Waals surface area contributed by atoms with Gasteiger partial charge in [0.1, 0.15) is 0 Å². The molecule has 2 heterocycles. The number of nitrogens with one attached hydrogen (secondary N) is 1. The van der Waals surface area contributed by atoms with Crippen LogP contribution in [-0.4, -0.2) is 4.98 Å². The Kier molecular flexibility index (Phi) is 3.05. The summed E-state index contributed by atoms with van der Waals surface area (Å²) in [5, 5.41) is -0.245. The highest BCUT2D eigenvalue weighted by atomic mass is 79.9. The predicted octanol–water partition coefficient (Wildman–Crippen LogP) is 4.27. The van der Waals surface area contributed by atoms with E-state index in [-0.39, 0.29) is 5.38 Å². The van der Waals surface area contributed by atoms with Gasteiger partial charge in [-0.1, -0.05) is 6.07 Å². The van der Waals surface area contributed by atoms with Gasteiger partial charge in [0.05, 0.1) is 14.7 Å². The largest absolute Gasteiger partial charge is 0.417 e. The van der Waals surface area contributed by atoms with Crippen LogP contribution in [-0.2, 0) is 0 Å². The van der Waals surface area contributed by atoms with Crippen LogP contribution in [0, 0.1) is 0 Å². The molecular weight excluding hydrogens is 338 g/mol. The first-order valence-electron chi connectivity index (χ1n) is 5.15. The molecule has 0 fully saturated rings. The van der Waals surface area contributed by atoms with Crippen LogP contribution in [0.4, 0.5) is 0 Å². The number of aromatic nitrogens is 1. The first-order valence-corrected chi connectivity index (χ1v) is 7.20. The number of H-pyrrole nitrogens is 1. The van der Waals surface area contributed by atoms with Crippen molar-refractivity contribution >= 4 is 50.0 Å². The smallest absolute Gasteiger partial charge is 0.408 e. The van der Waals surface area contributed by atoms with Crippen molar-refractivity contribution < 1.29 is 4.42 Å². The molecule has 0 saturated carbocycles. The average Bonchev–Trinajstić information content (AvgIpc) is 2.92. The minimum atomic E-state index is -0.452. The molecule has 0 radical (unpaired) electrons. The molecule has 1 N–H and O–H groups in total. The lowest BCUT2D eigenvalue weighted by molar-refractivity contribution is 0.555. The second-order valence-corrected chi connectivity index (χ2v) is 6.71. The van der Waals surface area contributed by atoms with E-state index in [0.717, 1.165) is 14.2 Å². The lowest BCUT2D eigenvalue weighted by atomic mass is 10.1. The molecule has 0 spiro atoms. The number of fused-ring (bicyclic) bond motifs is 1. The minimum absolute atomic E-state index is 0.245. The maximum Gasteiger partial charge on any atom is 0.417 e. The van der Waals surface area contributed by atoms with Gasteiger partial charge in [-0.25, -0.2) is 4.79 Å². The number of alkyl halides is 1. The molecule has 0 aliphatic heterocycles. The summed E-state index contributed by atoms with van der Waals surface area (Å²) >= 11 is 11.4. The van der Waals surface area contributed by atoms with E-state index in [1.165, 1.54) is 0 Å². The van der Waals surface area contributed by atoms with Gasteiger partial charge in [-0.3, -0.25) is 4.98 Å². The Morgan fingerprint density at radius 3 is 2.89 bits per heavy atom. The van der Waals surface area contributed by atoms with Crippen LogP contribution in [0.25, 0.3) is 11.1 Å².